The molecule has 2 N–H and O–H groups in total. The Morgan fingerprint density at radius 2 is 2.32 bits per heavy atom. The Bertz CT molecular complexity index is 695. The van der Waals surface area contributed by atoms with Crippen LogP contribution in [0.15, 0.2) is 34.5 Å². The molecule has 0 atom stereocenters. The number of benzene rings is 1. The van der Waals surface area contributed by atoms with E-state index in [4.69, 9.17) is 17.3 Å². The van der Waals surface area contributed by atoms with E-state index in [0.717, 1.165) is 33.3 Å². The molecule has 116 valence electrons. The summed E-state index contributed by atoms with van der Waals surface area (Å²) in [5.74, 6) is 0.948. The number of aromatic nitrogens is 1. The van der Waals surface area contributed by atoms with Crippen LogP contribution < -0.4 is 5.73 Å². The summed E-state index contributed by atoms with van der Waals surface area (Å²) in [6.07, 6.45) is 2.75. The molecule has 0 saturated carbocycles. The normalized spacial score (nSPS) is 12.2. The Labute approximate surface area is 143 Å². The molecule has 0 saturated heterocycles. The van der Waals surface area contributed by atoms with Crippen molar-refractivity contribution in [1.29, 1.82) is 0 Å². The summed E-state index contributed by atoms with van der Waals surface area (Å²) >= 11 is 9.08. The van der Waals surface area contributed by atoms with Crippen LogP contribution in [0.25, 0.3) is 10.6 Å². The lowest BCUT2D eigenvalue weighted by atomic mass is 10.2. The van der Waals surface area contributed by atoms with Gasteiger partial charge < -0.3 is 5.73 Å². The zero-order valence-corrected chi connectivity index (χ0v) is 14.8. The quantitative estimate of drug-likeness (QED) is 0.487. The van der Waals surface area contributed by atoms with Gasteiger partial charge in [0, 0.05) is 16.3 Å². The van der Waals surface area contributed by atoms with E-state index in [1.807, 2.05) is 31.2 Å². The molecule has 0 fully saturated rings. The third-order valence-corrected chi connectivity index (χ3v) is 5.06. The van der Waals surface area contributed by atoms with Gasteiger partial charge >= 0.3 is 0 Å². The Morgan fingerprint density at radius 3 is 3.05 bits per heavy atom. The number of thiazole rings is 1. The smallest absolute Gasteiger partial charge is 0.180 e. The number of hydrogen-bond acceptors (Lipinski definition) is 5. The molecule has 4 nitrogen and oxygen atoms in total. The summed E-state index contributed by atoms with van der Waals surface area (Å²) in [4.78, 5) is 5.52. The van der Waals surface area contributed by atoms with Crippen LogP contribution >= 0.6 is 34.7 Å². The van der Waals surface area contributed by atoms with Gasteiger partial charge in [-0.1, -0.05) is 42.4 Å². The molecule has 0 bridgehead atoms. The summed E-state index contributed by atoms with van der Waals surface area (Å²) in [5.41, 5.74) is 7.66. The first-order valence-corrected chi connectivity index (χ1v) is 9.00. The third-order valence-electron chi connectivity index (χ3n) is 2.69. The monoisotopic (exact) mass is 352 g/mol. The van der Waals surface area contributed by atoms with Crippen molar-refractivity contribution in [3.8, 4) is 10.6 Å². The second-order valence-corrected chi connectivity index (χ2v) is 7.09. The van der Waals surface area contributed by atoms with E-state index in [0.29, 0.717) is 10.2 Å². The minimum Gasteiger partial charge on any atom is -0.377 e. The first-order chi connectivity index (χ1) is 10.6. The Balaban J connectivity index is 2.13. The van der Waals surface area contributed by atoms with Crippen molar-refractivity contribution in [3.63, 3.8) is 0 Å². The molecule has 2 aromatic rings. The van der Waals surface area contributed by atoms with Crippen LogP contribution in [-0.4, -0.2) is 22.1 Å². The van der Waals surface area contributed by atoms with Gasteiger partial charge in [0.15, 0.2) is 5.17 Å². The fraction of sp³-hybridized carbons (Fsp3) is 0.267. The first-order valence-electron chi connectivity index (χ1n) is 6.82. The highest BCUT2D eigenvalue weighted by atomic mass is 35.5. The minimum atomic E-state index is 0.482. The lowest BCUT2D eigenvalue weighted by Gasteiger charge is -1.95. The molecule has 0 aliphatic heterocycles. The van der Waals surface area contributed by atoms with E-state index in [9.17, 15) is 0 Å². The van der Waals surface area contributed by atoms with E-state index in [1.54, 1.807) is 17.6 Å². The van der Waals surface area contributed by atoms with Gasteiger partial charge in [0.05, 0.1) is 16.8 Å². The fourth-order valence-corrected chi connectivity index (χ4v) is 3.28. The van der Waals surface area contributed by atoms with Crippen LogP contribution in [0, 0.1) is 6.92 Å². The molecule has 0 aliphatic rings. The van der Waals surface area contributed by atoms with Crippen LogP contribution in [0.2, 0.25) is 5.02 Å². The van der Waals surface area contributed by atoms with Crippen molar-refractivity contribution in [3.05, 3.63) is 39.9 Å². The molecule has 0 radical (unpaired) electrons. The van der Waals surface area contributed by atoms with Gasteiger partial charge in [0.25, 0.3) is 0 Å². The van der Waals surface area contributed by atoms with Gasteiger partial charge in [-0.15, -0.1) is 16.4 Å². The van der Waals surface area contributed by atoms with Gasteiger partial charge in [-0.05, 0) is 25.5 Å². The Morgan fingerprint density at radius 1 is 1.50 bits per heavy atom. The van der Waals surface area contributed by atoms with Gasteiger partial charge in [0.2, 0.25) is 0 Å². The second kappa shape index (κ2) is 8.31. The minimum absolute atomic E-state index is 0.482. The van der Waals surface area contributed by atoms with E-state index in [-0.39, 0.29) is 0 Å². The number of nitrogens with two attached hydrogens (primary N) is 1. The Kier molecular flexibility index (Phi) is 6.42. The zero-order valence-electron chi connectivity index (χ0n) is 12.4. The summed E-state index contributed by atoms with van der Waals surface area (Å²) < 4.78 is 0. The van der Waals surface area contributed by atoms with E-state index in [2.05, 4.69) is 22.1 Å². The standard InChI is InChI=1S/C15H17ClN4S2/c1-3-7-21-15(17)20-18-9-13-10(2)19-14(22-13)11-5-4-6-12(16)8-11/h4-6,8-9H,3,7H2,1-2H3,(H2,17,20)/b18-9+. The lowest BCUT2D eigenvalue weighted by molar-refractivity contribution is 1.11. The van der Waals surface area contributed by atoms with Crippen molar-refractivity contribution < 1.29 is 0 Å². The molecule has 1 heterocycles. The van der Waals surface area contributed by atoms with Crippen molar-refractivity contribution in [2.24, 2.45) is 15.9 Å². The van der Waals surface area contributed by atoms with E-state index >= 15 is 0 Å². The molecule has 0 unspecified atom stereocenters. The molecule has 0 spiro atoms. The predicted octanol–water partition coefficient (Wildman–Crippen LogP) is 4.56. The van der Waals surface area contributed by atoms with Crippen LogP contribution in [-0.2, 0) is 0 Å². The molecule has 7 heteroatoms. The largest absolute Gasteiger partial charge is 0.377 e. The fourth-order valence-electron chi connectivity index (χ4n) is 1.65. The summed E-state index contributed by atoms with van der Waals surface area (Å²) in [6, 6.07) is 7.65. The maximum Gasteiger partial charge on any atom is 0.180 e. The maximum atomic E-state index is 6.02. The van der Waals surface area contributed by atoms with Gasteiger partial charge in [-0.3, -0.25) is 0 Å². The van der Waals surface area contributed by atoms with Gasteiger partial charge in [0.1, 0.15) is 5.01 Å². The van der Waals surface area contributed by atoms with Crippen molar-refractivity contribution in [1.82, 2.24) is 4.98 Å². The van der Waals surface area contributed by atoms with Crippen LogP contribution in [0.1, 0.15) is 23.9 Å². The number of amidine groups is 1. The SMILES string of the molecule is CCCS/C(N)=N/N=C/c1sc(-c2cccc(Cl)c2)nc1C. The van der Waals surface area contributed by atoms with Crippen LogP contribution in [0.5, 0.6) is 0 Å². The molecular weight excluding hydrogens is 336 g/mol. The average Bonchev–Trinajstić information content (AvgIpc) is 2.86. The Hall–Kier alpha value is -1.37. The summed E-state index contributed by atoms with van der Waals surface area (Å²) in [7, 11) is 0. The van der Waals surface area contributed by atoms with E-state index in [1.165, 1.54) is 11.8 Å². The molecule has 2 rings (SSSR count). The maximum absolute atomic E-state index is 6.02. The number of rotatable bonds is 5. The topological polar surface area (TPSA) is 63.6 Å². The molecule has 1 aromatic carbocycles. The average molecular weight is 353 g/mol. The number of thioether (sulfide) groups is 1. The zero-order chi connectivity index (χ0) is 15.9. The predicted molar refractivity (Wildman–Crippen MR) is 99.3 cm³/mol. The second-order valence-electron chi connectivity index (χ2n) is 4.51. The molecule has 1 aromatic heterocycles. The number of aryl methyl sites for hydroxylation is 1. The van der Waals surface area contributed by atoms with Crippen molar-refractivity contribution in [2.75, 3.05) is 5.75 Å². The van der Waals surface area contributed by atoms with Gasteiger partial charge in [-0.2, -0.15) is 5.10 Å². The number of nitrogens with zero attached hydrogens (tertiary/aromatic N) is 3. The van der Waals surface area contributed by atoms with Crippen LogP contribution in [0.4, 0.5) is 0 Å². The van der Waals surface area contributed by atoms with Crippen molar-refractivity contribution in [2.45, 2.75) is 20.3 Å². The highest BCUT2D eigenvalue weighted by Gasteiger charge is 2.08. The summed E-state index contributed by atoms with van der Waals surface area (Å²) in [5, 5.41) is 10.1. The van der Waals surface area contributed by atoms with Crippen molar-refractivity contribution >= 4 is 46.1 Å². The lowest BCUT2D eigenvalue weighted by Crippen LogP contribution is -2.06. The van der Waals surface area contributed by atoms with Crippen LogP contribution in [0.3, 0.4) is 0 Å². The molecule has 0 amide bonds. The highest BCUT2D eigenvalue weighted by Crippen LogP contribution is 2.28. The molecule has 22 heavy (non-hydrogen) atoms. The molecule has 0 aliphatic carbocycles. The first kappa shape index (κ1) is 17.0. The summed E-state index contributed by atoms with van der Waals surface area (Å²) in [6.45, 7) is 4.05. The molecular formula is C15H17ClN4S2. The van der Waals surface area contributed by atoms with Gasteiger partial charge in [-0.25, -0.2) is 4.98 Å². The van der Waals surface area contributed by atoms with E-state index < -0.39 is 0 Å². The number of halogens is 1. The third kappa shape index (κ3) is 4.83. The highest BCUT2D eigenvalue weighted by molar-refractivity contribution is 8.13. The number of hydrogen-bond donors (Lipinski definition) is 1.